The summed E-state index contributed by atoms with van der Waals surface area (Å²) in [6.07, 6.45) is 0.645. The maximum Gasteiger partial charge on any atom is 0.251 e. The van der Waals surface area contributed by atoms with Crippen molar-refractivity contribution in [3.05, 3.63) is 45.9 Å². The number of methoxy groups -OCH3 is 2. The number of carbonyl (C=O) groups excluding carboxylic acids is 1. The highest BCUT2D eigenvalue weighted by molar-refractivity contribution is 7.07. The molecule has 0 saturated heterocycles. The minimum Gasteiger partial charge on any atom is -0.496 e. The second-order valence-electron chi connectivity index (χ2n) is 4.94. The third-order valence-corrected chi connectivity index (χ3v) is 4.03. The number of hydrogen-bond acceptors (Lipinski definition) is 5. The Balaban J connectivity index is 2.10. The van der Waals surface area contributed by atoms with Gasteiger partial charge in [0, 0.05) is 30.0 Å². The highest BCUT2D eigenvalue weighted by atomic mass is 32.1. The van der Waals surface area contributed by atoms with Crippen molar-refractivity contribution < 1.29 is 14.3 Å². The third kappa shape index (κ3) is 4.05. The Labute approximate surface area is 134 Å². The Morgan fingerprint density at radius 2 is 2.23 bits per heavy atom. The van der Waals surface area contributed by atoms with Gasteiger partial charge in [-0.1, -0.05) is 6.07 Å². The smallest absolute Gasteiger partial charge is 0.251 e. The molecule has 0 radical (unpaired) electrons. The molecule has 1 N–H and O–H groups in total. The van der Waals surface area contributed by atoms with Crippen molar-refractivity contribution in [2.24, 2.45) is 0 Å². The van der Waals surface area contributed by atoms with Gasteiger partial charge in [0.1, 0.15) is 5.75 Å². The Bertz CT molecular complexity index is 614. The number of aromatic nitrogens is 1. The van der Waals surface area contributed by atoms with Crippen molar-refractivity contribution in [2.45, 2.75) is 19.4 Å². The van der Waals surface area contributed by atoms with E-state index in [1.54, 1.807) is 37.1 Å². The second-order valence-corrected chi connectivity index (χ2v) is 5.66. The molecule has 118 valence electrons. The molecule has 1 aromatic heterocycles. The molecule has 0 unspecified atom stereocenters. The van der Waals surface area contributed by atoms with Crippen LogP contribution >= 0.6 is 11.3 Å². The van der Waals surface area contributed by atoms with Gasteiger partial charge < -0.3 is 14.8 Å². The summed E-state index contributed by atoms with van der Waals surface area (Å²) >= 11 is 1.54. The summed E-state index contributed by atoms with van der Waals surface area (Å²) in [5.74, 6) is 0.573. The van der Waals surface area contributed by atoms with Crippen LogP contribution in [-0.2, 0) is 11.2 Å². The van der Waals surface area contributed by atoms with Crippen molar-refractivity contribution in [3.8, 4) is 5.75 Å². The molecule has 0 aliphatic carbocycles. The Hall–Kier alpha value is -1.92. The van der Waals surface area contributed by atoms with Crippen LogP contribution < -0.4 is 10.1 Å². The summed E-state index contributed by atoms with van der Waals surface area (Å²) in [7, 11) is 3.22. The molecule has 1 heterocycles. The summed E-state index contributed by atoms with van der Waals surface area (Å²) in [4.78, 5) is 16.8. The summed E-state index contributed by atoms with van der Waals surface area (Å²) in [6.45, 7) is 2.31. The molecule has 0 saturated carbocycles. The Morgan fingerprint density at radius 1 is 1.41 bits per heavy atom. The first-order valence-corrected chi connectivity index (χ1v) is 7.90. The van der Waals surface area contributed by atoms with Gasteiger partial charge in [-0.2, -0.15) is 0 Å². The molecule has 0 bridgehead atoms. The van der Waals surface area contributed by atoms with Crippen LogP contribution in [0.2, 0.25) is 0 Å². The van der Waals surface area contributed by atoms with Gasteiger partial charge in [-0.05, 0) is 19.1 Å². The van der Waals surface area contributed by atoms with Crippen molar-refractivity contribution in [1.82, 2.24) is 10.3 Å². The van der Waals surface area contributed by atoms with Crippen LogP contribution in [0.15, 0.2) is 29.1 Å². The molecular weight excluding hydrogens is 300 g/mol. The Kier molecular flexibility index (Phi) is 5.91. The lowest BCUT2D eigenvalue weighted by Gasteiger charge is -2.18. The van der Waals surface area contributed by atoms with Crippen LogP contribution in [0.25, 0.3) is 0 Å². The fourth-order valence-electron chi connectivity index (χ4n) is 2.29. The topological polar surface area (TPSA) is 60.5 Å². The molecular formula is C16H20N2O3S. The minimum atomic E-state index is -0.131. The van der Waals surface area contributed by atoms with Crippen LogP contribution in [0.3, 0.4) is 0 Å². The summed E-state index contributed by atoms with van der Waals surface area (Å²) < 4.78 is 10.5. The minimum absolute atomic E-state index is 0.120. The van der Waals surface area contributed by atoms with E-state index in [4.69, 9.17) is 9.47 Å². The Morgan fingerprint density at radius 3 is 2.86 bits per heavy atom. The monoisotopic (exact) mass is 320 g/mol. The molecule has 2 rings (SSSR count). The van der Waals surface area contributed by atoms with Gasteiger partial charge >= 0.3 is 0 Å². The van der Waals surface area contributed by atoms with E-state index < -0.39 is 0 Å². The first-order chi connectivity index (χ1) is 10.7. The van der Waals surface area contributed by atoms with Gasteiger partial charge in [-0.15, -0.1) is 11.3 Å². The van der Waals surface area contributed by atoms with Crippen molar-refractivity contribution >= 4 is 17.2 Å². The van der Waals surface area contributed by atoms with Crippen LogP contribution in [-0.4, -0.2) is 37.8 Å². The summed E-state index contributed by atoms with van der Waals surface area (Å²) in [5, 5.41) is 4.99. The van der Waals surface area contributed by atoms with E-state index in [9.17, 15) is 4.79 Å². The first-order valence-electron chi connectivity index (χ1n) is 6.96. The maximum absolute atomic E-state index is 12.5. The van der Waals surface area contributed by atoms with Gasteiger partial charge in [-0.25, -0.2) is 4.98 Å². The normalized spacial score (nSPS) is 12.0. The van der Waals surface area contributed by atoms with Gasteiger partial charge in [0.25, 0.3) is 5.91 Å². The second kappa shape index (κ2) is 7.91. The fraction of sp³-hybridized carbons (Fsp3) is 0.375. The number of ether oxygens (including phenoxy) is 2. The number of rotatable bonds is 7. The third-order valence-electron chi connectivity index (χ3n) is 3.39. The first kappa shape index (κ1) is 16.5. The van der Waals surface area contributed by atoms with E-state index in [2.05, 4.69) is 10.3 Å². The van der Waals surface area contributed by atoms with E-state index in [-0.39, 0.29) is 11.9 Å². The number of hydrogen-bond donors (Lipinski definition) is 1. The van der Waals surface area contributed by atoms with E-state index >= 15 is 0 Å². The van der Waals surface area contributed by atoms with Crippen molar-refractivity contribution in [3.63, 3.8) is 0 Å². The number of carbonyl (C=O) groups is 1. The zero-order valence-corrected chi connectivity index (χ0v) is 13.8. The van der Waals surface area contributed by atoms with Crippen molar-refractivity contribution in [1.29, 1.82) is 0 Å². The number of nitrogens with one attached hydrogen (secondary N) is 1. The van der Waals surface area contributed by atoms with Crippen LogP contribution in [0.4, 0.5) is 0 Å². The molecule has 5 nitrogen and oxygen atoms in total. The number of benzene rings is 1. The van der Waals surface area contributed by atoms with E-state index in [1.807, 2.05) is 24.4 Å². The molecule has 1 amide bonds. The van der Waals surface area contributed by atoms with Crippen LogP contribution in [0.1, 0.15) is 21.6 Å². The highest BCUT2D eigenvalue weighted by Crippen LogP contribution is 2.21. The standard InChI is InChI=1S/C16H20N2O3S/c1-11-14(5-4-6-15(11)21-3)16(19)18-12(8-20-2)7-13-9-22-10-17-13/h4-6,9-10,12H,7-8H2,1-3H3,(H,18,19)/t12-/m0/s1. The molecule has 1 aromatic carbocycles. The molecule has 22 heavy (non-hydrogen) atoms. The molecule has 0 fully saturated rings. The van der Waals surface area contributed by atoms with E-state index in [0.29, 0.717) is 24.3 Å². The summed E-state index contributed by atoms with van der Waals surface area (Å²) in [5.41, 5.74) is 4.17. The van der Waals surface area contributed by atoms with Crippen molar-refractivity contribution in [2.75, 3.05) is 20.8 Å². The van der Waals surface area contributed by atoms with Crippen LogP contribution in [0, 0.1) is 6.92 Å². The zero-order valence-electron chi connectivity index (χ0n) is 13.0. The predicted octanol–water partition coefficient (Wildman–Crippen LogP) is 2.45. The van der Waals surface area contributed by atoms with Gasteiger partial charge in [0.15, 0.2) is 0 Å². The average Bonchev–Trinajstić information content (AvgIpc) is 3.00. The largest absolute Gasteiger partial charge is 0.496 e. The van der Waals surface area contributed by atoms with Crippen LogP contribution in [0.5, 0.6) is 5.75 Å². The molecule has 0 spiro atoms. The van der Waals surface area contributed by atoms with Gasteiger partial charge in [-0.3, -0.25) is 4.79 Å². The van der Waals surface area contributed by atoms with Gasteiger partial charge in [0.2, 0.25) is 0 Å². The molecule has 1 atom stereocenters. The zero-order chi connectivity index (χ0) is 15.9. The fourth-order valence-corrected chi connectivity index (χ4v) is 2.86. The lowest BCUT2D eigenvalue weighted by molar-refractivity contribution is 0.0895. The lowest BCUT2D eigenvalue weighted by atomic mass is 10.1. The quantitative estimate of drug-likeness (QED) is 0.851. The average molecular weight is 320 g/mol. The number of amides is 1. The van der Waals surface area contributed by atoms with E-state index in [0.717, 1.165) is 11.3 Å². The lowest BCUT2D eigenvalue weighted by Crippen LogP contribution is -2.40. The summed E-state index contributed by atoms with van der Waals surface area (Å²) in [6, 6.07) is 5.32. The van der Waals surface area contributed by atoms with Gasteiger partial charge in [0.05, 0.1) is 31.0 Å². The predicted molar refractivity (Wildman–Crippen MR) is 86.7 cm³/mol. The molecule has 0 aliphatic heterocycles. The molecule has 2 aromatic rings. The maximum atomic E-state index is 12.5. The number of thiazole rings is 1. The highest BCUT2D eigenvalue weighted by Gasteiger charge is 2.18. The SMILES string of the molecule is COC[C@H](Cc1cscn1)NC(=O)c1cccc(OC)c1C. The molecule has 0 aliphatic rings. The number of nitrogens with zero attached hydrogens (tertiary/aromatic N) is 1. The molecule has 6 heteroatoms. The van der Waals surface area contributed by atoms with E-state index in [1.165, 1.54) is 0 Å².